The van der Waals surface area contributed by atoms with Crippen molar-refractivity contribution in [1.29, 1.82) is 0 Å². The van der Waals surface area contributed by atoms with Gasteiger partial charge in [0.1, 0.15) is 0 Å². The normalized spacial score (nSPS) is 12.0. The van der Waals surface area contributed by atoms with Crippen LogP contribution in [0.2, 0.25) is 25.2 Å². The number of hydrogen-bond acceptors (Lipinski definition) is 2. The molecule has 0 spiro atoms. The van der Waals surface area contributed by atoms with Gasteiger partial charge in [-0.2, -0.15) is 0 Å². The molecular formula is C10H24O2Si2. The predicted octanol–water partition coefficient (Wildman–Crippen LogP) is 3.08. The highest BCUT2D eigenvalue weighted by molar-refractivity contribution is 6.65. The molecule has 0 aliphatic carbocycles. The van der Waals surface area contributed by atoms with Gasteiger partial charge in [-0.1, -0.05) is 38.3 Å². The van der Waals surface area contributed by atoms with Gasteiger partial charge in [0.05, 0.1) is 0 Å². The minimum absolute atomic E-state index is 1.12. The largest absolute Gasteiger partial charge is 0.398 e. The van der Waals surface area contributed by atoms with Crippen LogP contribution >= 0.6 is 0 Å². The molecule has 0 unspecified atom stereocenters. The van der Waals surface area contributed by atoms with Gasteiger partial charge in [0.2, 0.25) is 0 Å². The Kier molecular flexibility index (Phi) is 8.86. The molecule has 0 aliphatic rings. The van der Waals surface area contributed by atoms with E-state index >= 15 is 0 Å². The fourth-order valence-corrected chi connectivity index (χ4v) is 3.46. The fourth-order valence-electron chi connectivity index (χ4n) is 1.39. The van der Waals surface area contributed by atoms with Gasteiger partial charge in [-0.25, -0.2) is 0 Å². The molecule has 0 heterocycles. The first-order valence-corrected chi connectivity index (χ1v) is 9.66. The zero-order chi connectivity index (χ0) is 10.9. The Morgan fingerprint density at radius 1 is 1.00 bits per heavy atom. The lowest BCUT2D eigenvalue weighted by Crippen LogP contribution is -2.35. The highest BCUT2D eigenvalue weighted by Crippen LogP contribution is 2.16. The molecule has 0 atom stereocenters. The standard InChI is InChI=1S/C10H24O2Si2/c1-11-14(4,12-2)10-8-6-5-7-9-13-3/h5-10H2,1-4H3. The van der Waals surface area contributed by atoms with Crippen LogP contribution in [0.4, 0.5) is 0 Å². The zero-order valence-corrected chi connectivity index (χ0v) is 12.1. The van der Waals surface area contributed by atoms with E-state index in [0.29, 0.717) is 0 Å². The molecule has 84 valence electrons. The Morgan fingerprint density at radius 3 is 2.07 bits per heavy atom. The van der Waals surface area contributed by atoms with Crippen molar-refractivity contribution in [1.82, 2.24) is 0 Å². The van der Waals surface area contributed by atoms with E-state index in [4.69, 9.17) is 8.85 Å². The van der Waals surface area contributed by atoms with E-state index in [1.54, 1.807) is 14.2 Å². The van der Waals surface area contributed by atoms with Crippen molar-refractivity contribution in [3.8, 4) is 0 Å². The van der Waals surface area contributed by atoms with Crippen molar-refractivity contribution in [2.45, 2.75) is 50.9 Å². The van der Waals surface area contributed by atoms with Crippen molar-refractivity contribution in [2.75, 3.05) is 14.2 Å². The molecule has 0 aliphatic heterocycles. The summed E-state index contributed by atoms with van der Waals surface area (Å²) in [6, 6.07) is 2.54. The SMILES string of the molecule is CO[Si](C)(CCCCCC[Si]C)OC. The molecule has 0 bridgehead atoms. The number of hydrogen-bond donors (Lipinski definition) is 0. The third-order valence-electron chi connectivity index (χ3n) is 2.67. The van der Waals surface area contributed by atoms with E-state index in [-0.39, 0.29) is 0 Å². The van der Waals surface area contributed by atoms with Crippen molar-refractivity contribution in [3.63, 3.8) is 0 Å². The summed E-state index contributed by atoms with van der Waals surface area (Å²) < 4.78 is 10.9. The smallest absolute Gasteiger partial charge is 0.334 e. The van der Waals surface area contributed by atoms with Gasteiger partial charge in [0.15, 0.2) is 0 Å². The summed E-state index contributed by atoms with van der Waals surface area (Å²) in [5, 5.41) is 0. The van der Waals surface area contributed by atoms with Crippen molar-refractivity contribution >= 4 is 18.1 Å². The second-order valence-corrected chi connectivity index (χ2v) is 8.60. The molecular weight excluding hydrogens is 208 g/mol. The van der Waals surface area contributed by atoms with Gasteiger partial charge >= 0.3 is 8.56 Å². The first-order valence-electron chi connectivity index (χ1n) is 5.43. The van der Waals surface area contributed by atoms with Crippen LogP contribution in [0.15, 0.2) is 0 Å². The quantitative estimate of drug-likeness (QED) is 0.449. The van der Waals surface area contributed by atoms with E-state index in [1.807, 2.05) is 0 Å². The fraction of sp³-hybridized carbons (Fsp3) is 1.00. The van der Waals surface area contributed by atoms with Crippen LogP contribution in [0, 0.1) is 0 Å². The molecule has 14 heavy (non-hydrogen) atoms. The molecule has 0 rings (SSSR count). The summed E-state index contributed by atoms with van der Waals surface area (Å²) >= 11 is 0. The molecule has 0 N–H and O–H groups in total. The highest BCUT2D eigenvalue weighted by atomic mass is 28.4. The first kappa shape index (κ1) is 14.4. The minimum Gasteiger partial charge on any atom is -0.398 e. The van der Waals surface area contributed by atoms with Crippen LogP contribution in [0.1, 0.15) is 25.7 Å². The zero-order valence-electron chi connectivity index (χ0n) is 10.1. The Balaban J connectivity index is 3.34. The van der Waals surface area contributed by atoms with E-state index < -0.39 is 8.56 Å². The second kappa shape index (κ2) is 8.65. The van der Waals surface area contributed by atoms with Crippen LogP contribution in [-0.2, 0) is 8.85 Å². The van der Waals surface area contributed by atoms with Gasteiger partial charge in [0.25, 0.3) is 0 Å². The topological polar surface area (TPSA) is 18.5 Å². The Morgan fingerprint density at radius 2 is 1.57 bits per heavy atom. The molecule has 4 heteroatoms. The molecule has 0 aromatic carbocycles. The average Bonchev–Trinajstić information content (AvgIpc) is 2.23. The summed E-state index contributed by atoms with van der Waals surface area (Å²) in [5.74, 6) is 0. The molecule has 2 nitrogen and oxygen atoms in total. The maximum atomic E-state index is 5.43. The van der Waals surface area contributed by atoms with Crippen LogP contribution < -0.4 is 0 Å². The maximum absolute atomic E-state index is 5.43. The van der Waals surface area contributed by atoms with Gasteiger partial charge in [-0.15, -0.1) is 0 Å². The molecule has 0 saturated carbocycles. The number of rotatable bonds is 9. The van der Waals surface area contributed by atoms with Crippen molar-refractivity contribution in [2.24, 2.45) is 0 Å². The summed E-state index contributed by atoms with van der Waals surface area (Å²) in [4.78, 5) is 0. The van der Waals surface area contributed by atoms with E-state index in [9.17, 15) is 0 Å². The summed E-state index contributed by atoms with van der Waals surface area (Å²) in [5.41, 5.74) is 0. The molecule has 0 amide bonds. The average molecular weight is 232 g/mol. The van der Waals surface area contributed by atoms with E-state index in [0.717, 1.165) is 15.6 Å². The summed E-state index contributed by atoms with van der Waals surface area (Å²) in [6.07, 6.45) is 5.36. The molecule has 0 saturated heterocycles. The Hall–Kier alpha value is 0.354. The Labute approximate surface area is 92.5 Å². The molecule has 0 fully saturated rings. The van der Waals surface area contributed by atoms with Crippen LogP contribution in [0.5, 0.6) is 0 Å². The van der Waals surface area contributed by atoms with Gasteiger partial charge in [-0.3, -0.25) is 0 Å². The first-order chi connectivity index (χ1) is 6.68. The van der Waals surface area contributed by atoms with E-state index in [2.05, 4.69) is 13.1 Å². The summed E-state index contributed by atoms with van der Waals surface area (Å²) in [6.45, 7) is 4.42. The lowest BCUT2D eigenvalue weighted by Gasteiger charge is -2.22. The molecule has 2 radical (unpaired) electrons. The molecule has 0 aromatic rings. The monoisotopic (exact) mass is 232 g/mol. The minimum atomic E-state index is -1.76. The van der Waals surface area contributed by atoms with Crippen LogP contribution in [0.25, 0.3) is 0 Å². The molecule has 0 aromatic heterocycles. The second-order valence-electron chi connectivity index (χ2n) is 3.81. The number of unbranched alkanes of at least 4 members (excludes halogenated alkanes) is 3. The summed E-state index contributed by atoms with van der Waals surface area (Å²) in [7, 11) is 2.90. The van der Waals surface area contributed by atoms with Gasteiger partial charge < -0.3 is 8.85 Å². The van der Waals surface area contributed by atoms with Crippen molar-refractivity contribution < 1.29 is 8.85 Å². The predicted molar refractivity (Wildman–Crippen MR) is 65.3 cm³/mol. The van der Waals surface area contributed by atoms with Gasteiger partial charge in [-0.05, 0) is 12.6 Å². The van der Waals surface area contributed by atoms with Gasteiger partial charge in [0, 0.05) is 23.7 Å². The van der Waals surface area contributed by atoms with E-state index in [1.165, 1.54) is 31.7 Å². The van der Waals surface area contributed by atoms with Crippen LogP contribution in [-0.4, -0.2) is 32.3 Å². The van der Waals surface area contributed by atoms with Crippen LogP contribution in [0.3, 0.4) is 0 Å². The maximum Gasteiger partial charge on any atom is 0.334 e. The third-order valence-corrected chi connectivity index (χ3v) is 6.51. The third kappa shape index (κ3) is 6.76. The Bertz CT molecular complexity index is 127. The lowest BCUT2D eigenvalue weighted by molar-refractivity contribution is 0.248. The van der Waals surface area contributed by atoms with Crippen molar-refractivity contribution in [3.05, 3.63) is 0 Å². The lowest BCUT2D eigenvalue weighted by atomic mass is 10.2. The highest BCUT2D eigenvalue weighted by Gasteiger charge is 2.27.